The molecular weight excluding hydrogens is 272 g/mol. The predicted octanol–water partition coefficient (Wildman–Crippen LogP) is 2.50. The summed E-state index contributed by atoms with van der Waals surface area (Å²) in [5.41, 5.74) is 1.30. The van der Waals surface area contributed by atoms with E-state index in [2.05, 4.69) is 36.5 Å². The van der Waals surface area contributed by atoms with E-state index in [1.54, 1.807) is 0 Å². The van der Waals surface area contributed by atoms with Crippen molar-refractivity contribution in [2.75, 3.05) is 20.1 Å². The summed E-state index contributed by atoms with van der Waals surface area (Å²) < 4.78 is 0. The molecule has 1 aromatic carbocycles. The van der Waals surface area contributed by atoms with Crippen LogP contribution in [0.5, 0.6) is 0 Å². The van der Waals surface area contributed by atoms with Gasteiger partial charge in [-0.3, -0.25) is 4.79 Å². The van der Waals surface area contributed by atoms with Gasteiger partial charge in [0.05, 0.1) is 5.92 Å². The molecule has 0 saturated carbocycles. The molecule has 4 heteroatoms. The summed E-state index contributed by atoms with van der Waals surface area (Å²) in [6.07, 6.45) is 2.92. The number of nitrogens with one attached hydrogen (secondary N) is 1. The third-order valence-electron chi connectivity index (χ3n) is 4.09. The molecule has 1 heterocycles. The molecule has 0 aliphatic carbocycles. The molecule has 1 aromatic rings. The summed E-state index contributed by atoms with van der Waals surface area (Å²) in [5.74, 6) is 0.475. The summed E-state index contributed by atoms with van der Waals surface area (Å²) in [6, 6.07) is 10.7. The van der Waals surface area contributed by atoms with Crippen LogP contribution in [-0.4, -0.2) is 37.0 Å². The minimum Gasteiger partial charge on any atom is -0.342 e. The third-order valence-corrected chi connectivity index (χ3v) is 4.09. The number of rotatable bonds is 5. The fourth-order valence-corrected chi connectivity index (χ4v) is 2.77. The van der Waals surface area contributed by atoms with E-state index in [-0.39, 0.29) is 18.3 Å². The lowest BCUT2D eigenvalue weighted by Gasteiger charge is -2.29. The van der Waals surface area contributed by atoms with E-state index in [1.807, 2.05) is 18.0 Å². The Kier molecular flexibility index (Phi) is 7.03. The summed E-state index contributed by atoms with van der Waals surface area (Å²) in [4.78, 5) is 14.4. The number of nitrogens with zero attached hydrogens (tertiary/aromatic N) is 1. The largest absolute Gasteiger partial charge is 0.342 e. The van der Waals surface area contributed by atoms with Gasteiger partial charge in [-0.2, -0.15) is 0 Å². The van der Waals surface area contributed by atoms with E-state index < -0.39 is 0 Å². The van der Waals surface area contributed by atoms with Crippen molar-refractivity contribution in [3.8, 4) is 0 Å². The Hall–Kier alpha value is -1.06. The second kappa shape index (κ2) is 8.28. The lowest BCUT2D eigenvalue weighted by Crippen LogP contribution is -2.42. The second-order valence-corrected chi connectivity index (χ2v) is 5.39. The zero-order chi connectivity index (χ0) is 13.7. The van der Waals surface area contributed by atoms with Crippen molar-refractivity contribution in [3.63, 3.8) is 0 Å². The van der Waals surface area contributed by atoms with E-state index in [1.165, 1.54) is 5.56 Å². The Morgan fingerprint density at radius 2 is 2.10 bits per heavy atom. The van der Waals surface area contributed by atoms with Gasteiger partial charge < -0.3 is 10.2 Å². The number of benzene rings is 1. The van der Waals surface area contributed by atoms with Gasteiger partial charge in [-0.05, 0) is 31.4 Å². The number of carbonyl (C=O) groups is 1. The molecule has 0 aromatic heterocycles. The number of amides is 1. The molecule has 1 fully saturated rings. The molecule has 0 spiro atoms. The highest BCUT2D eigenvalue weighted by molar-refractivity contribution is 5.85. The van der Waals surface area contributed by atoms with Gasteiger partial charge in [-0.25, -0.2) is 0 Å². The van der Waals surface area contributed by atoms with Gasteiger partial charge in [0.1, 0.15) is 0 Å². The molecule has 1 N–H and O–H groups in total. The Morgan fingerprint density at radius 1 is 1.40 bits per heavy atom. The summed E-state index contributed by atoms with van der Waals surface area (Å²) in [6.45, 7) is 3.97. The van der Waals surface area contributed by atoms with Crippen molar-refractivity contribution < 1.29 is 4.79 Å². The molecule has 0 radical (unpaired) electrons. The molecule has 2 rings (SSSR count). The fraction of sp³-hybridized carbons (Fsp3) is 0.562. The van der Waals surface area contributed by atoms with Crippen LogP contribution in [0, 0.1) is 5.92 Å². The van der Waals surface area contributed by atoms with Crippen LogP contribution < -0.4 is 5.32 Å². The lowest BCUT2D eigenvalue weighted by atomic mass is 10.0. The molecule has 112 valence electrons. The van der Waals surface area contributed by atoms with Crippen molar-refractivity contribution in [3.05, 3.63) is 35.9 Å². The first-order valence-electron chi connectivity index (χ1n) is 7.23. The zero-order valence-electron chi connectivity index (χ0n) is 12.3. The van der Waals surface area contributed by atoms with Crippen LogP contribution in [0.1, 0.15) is 25.3 Å². The van der Waals surface area contributed by atoms with Crippen molar-refractivity contribution in [1.29, 1.82) is 0 Å². The molecular formula is C16H25ClN2O. The van der Waals surface area contributed by atoms with Crippen molar-refractivity contribution in [2.24, 2.45) is 5.92 Å². The SMILES string of the molecule is CCC(Cc1ccccc1)N(C)C(=O)C1CCNC1.Cl. The number of halogens is 1. The first-order chi connectivity index (χ1) is 9.22. The van der Waals surface area contributed by atoms with Crippen LogP contribution in [0.3, 0.4) is 0 Å². The maximum absolute atomic E-state index is 12.4. The quantitative estimate of drug-likeness (QED) is 0.905. The average molecular weight is 297 g/mol. The van der Waals surface area contributed by atoms with Gasteiger partial charge >= 0.3 is 0 Å². The van der Waals surface area contributed by atoms with Gasteiger partial charge in [0.25, 0.3) is 0 Å². The molecule has 2 atom stereocenters. The number of hydrogen-bond acceptors (Lipinski definition) is 2. The van der Waals surface area contributed by atoms with E-state index in [4.69, 9.17) is 0 Å². The molecule has 1 aliphatic rings. The molecule has 1 aliphatic heterocycles. The zero-order valence-corrected chi connectivity index (χ0v) is 13.2. The maximum atomic E-state index is 12.4. The Bertz CT molecular complexity index is 404. The van der Waals surface area contributed by atoms with E-state index in [0.717, 1.165) is 32.4 Å². The molecule has 1 saturated heterocycles. The van der Waals surface area contributed by atoms with Crippen LogP contribution in [0.25, 0.3) is 0 Å². The van der Waals surface area contributed by atoms with Gasteiger partial charge in [-0.15, -0.1) is 12.4 Å². The topological polar surface area (TPSA) is 32.3 Å². The normalized spacial score (nSPS) is 19.2. The third kappa shape index (κ3) is 4.22. The minimum atomic E-state index is 0. The first kappa shape index (κ1) is 17.0. The van der Waals surface area contributed by atoms with E-state index in [0.29, 0.717) is 11.9 Å². The van der Waals surface area contributed by atoms with Crippen molar-refractivity contribution in [2.45, 2.75) is 32.2 Å². The first-order valence-corrected chi connectivity index (χ1v) is 7.23. The highest BCUT2D eigenvalue weighted by Crippen LogP contribution is 2.16. The number of hydrogen-bond donors (Lipinski definition) is 1. The Balaban J connectivity index is 0.00000200. The molecule has 0 bridgehead atoms. The van der Waals surface area contributed by atoms with Crippen LogP contribution >= 0.6 is 12.4 Å². The fourth-order valence-electron chi connectivity index (χ4n) is 2.77. The monoisotopic (exact) mass is 296 g/mol. The average Bonchev–Trinajstić information content (AvgIpc) is 2.98. The Labute approximate surface area is 128 Å². The smallest absolute Gasteiger partial charge is 0.227 e. The molecule has 3 nitrogen and oxygen atoms in total. The van der Waals surface area contributed by atoms with Crippen LogP contribution in [-0.2, 0) is 11.2 Å². The lowest BCUT2D eigenvalue weighted by molar-refractivity contribution is -0.135. The summed E-state index contributed by atoms with van der Waals surface area (Å²) in [7, 11) is 1.96. The molecule has 1 amide bonds. The number of carbonyl (C=O) groups excluding carboxylic acids is 1. The van der Waals surface area contributed by atoms with Crippen molar-refractivity contribution in [1.82, 2.24) is 10.2 Å². The maximum Gasteiger partial charge on any atom is 0.227 e. The van der Waals surface area contributed by atoms with Crippen molar-refractivity contribution >= 4 is 18.3 Å². The van der Waals surface area contributed by atoms with Gasteiger partial charge in [0.15, 0.2) is 0 Å². The van der Waals surface area contributed by atoms with Crippen LogP contribution in [0.2, 0.25) is 0 Å². The van der Waals surface area contributed by atoms with Gasteiger partial charge in [0.2, 0.25) is 5.91 Å². The minimum absolute atomic E-state index is 0. The van der Waals surface area contributed by atoms with Gasteiger partial charge in [-0.1, -0.05) is 37.3 Å². The van der Waals surface area contributed by atoms with Crippen LogP contribution in [0.15, 0.2) is 30.3 Å². The summed E-state index contributed by atoms with van der Waals surface area (Å²) in [5, 5.41) is 3.27. The van der Waals surface area contributed by atoms with E-state index in [9.17, 15) is 4.79 Å². The predicted molar refractivity (Wildman–Crippen MR) is 85.2 cm³/mol. The number of likely N-dealkylation sites (N-methyl/N-ethyl adjacent to an activating group) is 1. The van der Waals surface area contributed by atoms with E-state index >= 15 is 0 Å². The van der Waals surface area contributed by atoms with Gasteiger partial charge in [0, 0.05) is 19.6 Å². The summed E-state index contributed by atoms with van der Waals surface area (Å²) >= 11 is 0. The van der Waals surface area contributed by atoms with Crippen LogP contribution in [0.4, 0.5) is 0 Å². The molecule has 20 heavy (non-hydrogen) atoms. The second-order valence-electron chi connectivity index (χ2n) is 5.39. The molecule has 2 unspecified atom stereocenters. The highest BCUT2D eigenvalue weighted by atomic mass is 35.5. The highest BCUT2D eigenvalue weighted by Gasteiger charge is 2.28. The Morgan fingerprint density at radius 3 is 2.65 bits per heavy atom. The standard InChI is InChI=1S/C16H24N2O.ClH/c1-3-15(11-13-7-5-4-6-8-13)18(2)16(19)14-9-10-17-12-14;/h4-8,14-15,17H,3,9-12H2,1-2H3;1H.